The average molecular weight is 194 g/mol. The third kappa shape index (κ3) is 2.86. The number of rotatable bonds is 0. The van der Waals surface area contributed by atoms with E-state index < -0.39 is 0 Å². The highest BCUT2D eigenvalue weighted by molar-refractivity contribution is 5.95. The minimum atomic E-state index is 0.00745. The Morgan fingerprint density at radius 1 is 1.14 bits per heavy atom. The zero-order valence-corrected chi connectivity index (χ0v) is 10.3. The minimum absolute atomic E-state index is 0.00745. The molecule has 0 saturated carbocycles. The predicted octanol–water partition coefficient (Wildman–Crippen LogP) is 2.85. The van der Waals surface area contributed by atoms with Crippen molar-refractivity contribution in [3.8, 4) is 0 Å². The summed E-state index contributed by atoms with van der Waals surface area (Å²) in [5.41, 5.74) is 0.168. The number of nitrogens with zero attached hydrogens (tertiary/aromatic N) is 2. The van der Waals surface area contributed by atoms with Gasteiger partial charge in [0.25, 0.3) is 0 Å². The molecule has 0 atom stereocenters. The summed E-state index contributed by atoms with van der Waals surface area (Å²) < 4.78 is 0. The molecule has 0 radical (unpaired) electrons. The molecule has 80 valence electrons. The van der Waals surface area contributed by atoms with Gasteiger partial charge in [0.15, 0.2) is 0 Å². The molecule has 0 aliphatic carbocycles. The molecule has 0 saturated heterocycles. The first-order valence-corrected chi connectivity index (χ1v) is 5.24. The van der Waals surface area contributed by atoms with Crippen LogP contribution in [0.4, 0.5) is 0 Å². The van der Waals surface area contributed by atoms with Crippen molar-refractivity contribution < 1.29 is 0 Å². The van der Waals surface area contributed by atoms with Crippen LogP contribution in [0.2, 0.25) is 0 Å². The third-order valence-electron chi connectivity index (χ3n) is 2.09. The third-order valence-corrected chi connectivity index (χ3v) is 2.09. The summed E-state index contributed by atoms with van der Waals surface area (Å²) in [6.07, 6.45) is 4.30. The summed E-state index contributed by atoms with van der Waals surface area (Å²) in [4.78, 5) is 7.04. The summed E-state index contributed by atoms with van der Waals surface area (Å²) in [6.45, 7) is 14.0. The molecule has 0 spiro atoms. The first-order valence-electron chi connectivity index (χ1n) is 5.24. The van der Waals surface area contributed by atoms with Crippen LogP contribution in [0.15, 0.2) is 17.1 Å². The summed E-state index contributed by atoms with van der Waals surface area (Å²) in [5, 5.41) is 0. The van der Waals surface area contributed by atoms with E-state index in [4.69, 9.17) is 4.99 Å². The largest absolute Gasteiger partial charge is 0.348 e. The van der Waals surface area contributed by atoms with E-state index in [1.54, 1.807) is 0 Å². The Balaban J connectivity index is 2.89. The molecule has 0 fully saturated rings. The monoisotopic (exact) mass is 194 g/mol. The fourth-order valence-corrected chi connectivity index (χ4v) is 1.51. The van der Waals surface area contributed by atoms with E-state index in [-0.39, 0.29) is 11.1 Å². The second-order valence-electron chi connectivity index (χ2n) is 5.82. The van der Waals surface area contributed by atoms with Gasteiger partial charge in [-0.05, 0) is 47.6 Å². The first kappa shape index (κ1) is 11.3. The number of aliphatic imine (C=N–C) groups is 1. The zero-order valence-electron chi connectivity index (χ0n) is 10.3. The summed E-state index contributed by atoms with van der Waals surface area (Å²) >= 11 is 0. The highest BCUT2D eigenvalue weighted by atomic mass is 15.2. The van der Waals surface area contributed by atoms with Crippen molar-refractivity contribution in [2.75, 3.05) is 6.54 Å². The van der Waals surface area contributed by atoms with E-state index >= 15 is 0 Å². The maximum atomic E-state index is 4.71. The minimum Gasteiger partial charge on any atom is -0.348 e. The van der Waals surface area contributed by atoms with Crippen LogP contribution in [-0.4, -0.2) is 28.4 Å². The van der Waals surface area contributed by atoms with Gasteiger partial charge in [-0.2, -0.15) is 0 Å². The molecule has 0 bridgehead atoms. The lowest BCUT2D eigenvalue weighted by Crippen LogP contribution is -2.43. The number of hydrogen-bond donors (Lipinski definition) is 0. The summed E-state index contributed by atoms with van der Waals surface area (Å²) in [6, 6.07) is 0. The van der Waals surface area contributed by atoms with E-state index in [1.807, 2.05) is 0 Å². The Hall–Kier alpha value is -0.790. The molecule has 0 aromatic carbocycles. The topological polar surface area (TPSA) is 15.6 Å². The lowest BCUT2D eigenvalue weighted by atomic mass is 10.1. The maximum Gasteiger partial charge on any atom is 0.124 e. The molecule has 1 rings (SSSR count). The van der Waals surface area contributed by atoms with Crippen molar-refractivity contribution in [2.24, 2.45) is 4.99 Å². The Morgan fingerprint density at radius 3 is 2.14 bits per heavy atom. The highest BCUT2D eigenvalue weighted by Crippen LogP contribution is 2.20. The van der Waals surface area contributed by atoms with Gasteiger partial charge in [-0.1, -0.05) is 6.08 Å². The van der Waals surface area contributed by atoms with Crippen molar-refractivity contribution in [1.29, 1.82) is 0 Å². The predicted molar refractivity (Wildman–Crippen MR) is 62.8 cm³/mol. The molecule has 2 heteroatoms. The summed E-state index contributed by atoms with van der Waals surface area (Å²) in [5.74, 6) is 1.12. The van der Waals surface area contributed by atoms with Gasteiger partial charge in [-0.25, -0.2) is 0 Å². The van der Waals surface area contributed by atoms with Gasteiger partial charge in [0, 0.05) is 12.1 Å². The number of amidine groups is 1. The lowest BCUT2D eigenvalue weighted by Gasteiger charge is -2.35. The van der Waals surface area contributed by atoms with Crippen LogP contribution < -0.4 is 0 Å². The smallest absolute Gasteiger partial charge is 0.124 e. The molecule has 0 aromatic heterocycles. The van der Waals surface area contributed by atoms with Gasteiger partial charge in [-0.3, -0.25) is 4.99 Å². The Morgan fingerprint density at radius 2 is 1.71 bits per heavy atom. The van der Waals surface area contributed by atoms with Crippen LogP contribution in [-0.2, 0) is 0 Å². The van der Waals surface area contributed by atoms with Gasteiger partial charge in [0.2, 0.25) is 0 Å². The van der Waals surface area contributed by atoms with Crippen molar-refractivity contribution in [2.45, 2.75) is 52.6 Å². The molecule has 0 amide bonds. The highest BCUT2D eigenvalue weighted by Gasteiger charge is 2.26. The van der Waals surface area contributed by atoms with Crippen molar-refractivity contribution in [3.63, 3.8) is 0 Å². The molecule has 14 heavy (non-hydrogen) atoms. The van der Waals surface area contributed by atoms with E-state index in [0.717, 1.165) is 12.4 Å². The summed E-state index contributed by atoms with van der Waals surface area (Å²) in [7, 11) is 0. The lowest BCUT2D eigenvalue weighted by molar-refractivity contribution is 0.263. The van der Waals surface area contributed by atoms with Crippen molar-refractivity contribution >= 4 is 5.84 Å². The molecular formula is C12H22N2. The Labute approximate surface area is 87.7 Å². The van der Waals surface area contributed by atoms with Crippen LogP contribution in [0, 0.1) is 0 Å². The molecule has 0 N–H and O–H groups in total. The molecule has 1 aliphatic rings. The van der Waals surface area contributed by atoms with Crippen LogP contribution in [0.3, 0.4) is 0 Å². The van der Waals surface area contributed by atoms with E-state index in [0.29, 0.717) is 0 Å². The van der Waals surface area contributed by atoms with Crippen LogP contribution >= 0.6 is 0 Å². The molecule has 0 aromatic rings. The second kappa shape index (κ2) is 3.41. The normalized spacial score (nSPS) is 21.0. The van der Waals surface area contributed by atoms with E-state index in [1.165, 1.54) is 0 Å². The standard InChI is InChI=1S/C12H22N2/c1-11(2,3)13-10-8-7-9-14(10)12(4,5)6/h7-8H,9H2,1-6H3. The molecule has 1 aliphatic heterocycles. The number of hydrogen-bond acceptors (Lipinski definition) is 1. The van der Waals surface area contributed by atoms with E-state index in [2.05, 4.69) is 58.6 Å². The maximum absolute atomic E-state index is 4.71. The van der Waals surface area contributed by atoms with Crippen molar-refractivity contribution in [1.82, 2.24) is 4.90 Å². The Bertz CT molecular complexity index is 261. The average Bonchev–Trinajstić information content (AvgIpc) is 2.29. The molecule has 0 unspecified atom stereocenters. The first-order chi connectivity index (χ1) is 6.20. The van der Waals surface area contributed by atoms with Gasteiger partial charge >= 0.3 is 0 Å². The molecular weight excluding hydrogens is 172 g/mol. The van der Waals surface area contributed by atoms with Crippen LogP contribution in [0.25, 0.3) is 0 Å². The van der Waals surface area contributed by atoms with Crippen molar-refractivity contribution in [3.05, 3.63) is 12.2 Å². The van der Waals surface area contributed by atoms with Gasteiger partial charge in [-0.15, -0.1) is 0 Å². The van der Waals surface area contributed by atoms with Gasteiger partial charge in [0.05, 0.1) is 5.54 Å². The zero-order chi connectivity index (χ0) is 11.0. The van der Waals surface area contributed by atoms with Crippen LogP contribution in [0.1, 0.15) is 41.5 Å². The second-order valence-corrected chi connectivity index (χ2v) is 5.82. The van der Waals surface area contributed by atoms with Gasteiger partial charge in [0.1, 0.15) is 5.84 Å². The van der Waals surface area contributed by atoms with Crippen LogP contribution in [0.5, 0.6) is 0 Å². The molecule has 2 nitrogen and oxygen atoms in total. The van der Waals surface area contributed by atoms with E-state index in [9.17, 15) is 0 Å². The van der Waals surface area contributed by atoms with Gasteiger partial charge < -0.3 is 4.90 Å². The molecule has 1 heterocycles. The quantitative estimate of drug-likeness (QED) is 0.579. The fourth-order valence-electron chi connectivity index (χ4n) is 1.51. The SMILES string of the molecule is CC(C)(C)N=C1C=CCN1C(C)(C)C. The fraction of sp³-hybridized carbons (Fsp3) is 0.750. The Kier molecular flexibility index (Phi) is 2.75.